The number of hydrogen-bond acceptors (Lipinski definition) is 4. The summed E-state index contributed by atoms with van der Waals surface area (Å²) < 4.78 is 0. The minimum atomic E-state index is -1.13. The van der Waals surface area contributed by atoms with Crippen LogP contribution in [0.2, 0.25) is 5.02 Å². The van der Waals surface area contributed by atoms with E-state index in [9.17, 15) is 14.4 Å². The average molecular weight is 296 g/mol. The number of carbonyl (C=O) groups is 3. The molecule has 106 valence electrons. The van der Waals surface area contributed by atoms with Crippen molar-refractivity contribution in [2.75, 3.05) is 12.3 Å². The molecule has 7 heteroatoms. The van der Waals surface area contributed by atoms with Crippen LogP contribution in [0.1, 0.15) is 24.2 Å². The Morgan fingerprint density at radius 1 is 1.40 bits per heavy atom. The van der Waals surface area contributed by atoms with Crippen LogP contribution in [0.3, 0.4) is 0 Å². The summed E-state index contributed by atoms with van der Waals surface area (Å²) in [6.45, 7) is 2.94. The number of carbonyl (C=O) groups excluding carboxylic acids is 3. The van der Waals surface area contributed by atoms with Crippen molar-refractivity contribution >= 4 is 35.0 Å². The van der Waals surface area contributed by atoms with Gasteiger partial charge in [-0.25, -0.2) is 0 Å². The van der Waals surface area contributed by atoms with Crippen LogP contribution in [0.4, 0.5) is 5.69 Å². The number of halogens is 1. The SMILES string of the molecule is CC1(C)C(=O)NC(=O)CN1C(=O)c1ccc(N)cc1Cl. The summed E-state index contributed by atoms with van der Waals surface area (Å²) in [7, 11) is 0. The number of nitrogen functional groups attached to an aromatic ring is 1. The monoisotopic (exact) mass is 295 g/mol. The molecule has 6 nitrogen and oxygen atoms in total. The van der Waals surface area contributed by atoms with Crippen LogP contribution in [0.5, 0.6) is 0 Å². The van der Waals surface area contributed by atoms with Crippen molar-refractivity contribution in [2.45, 2.75) is 19.4 Å². The molecule has 1 aromatic rings. The maximum Gasteiger partial charge on any atom is 0.256 e. The topological polar surface area (TPSA) is 92.5 Å². The maximum atomic E-state index is 12.5. The molecule has 1 saturated heterocycles. The Morgan fingerprint density at radius 3 is 2.65 bits per heavy atom. The minimum absolute atomic E-state index is 0.184. The van der Waals surface area contributed by atoms with Crippen LogP contribution in [-0.4, -0.2) is 34.7 Å². The van der Waals surface area contributed by atoms with Gasteiger partial charge in [-0.3, -0.25) is 19.7 Å². The molecule has 3 N–H and O–H groups in total. The molecule has 1 aliphatic heterocycles. The highest BCUT2D eigenvalue weighted by Crippen LogP contribution is 2.25. The predicted octanol–water partition coefficient (Wildman–Crippen LogP) is 0.799. The second-order valence-electron chi connectivity index (χ2n) is 5.07. The highest BCUT2D eigenvalue weighted by atomic mass is 35.5. The molecule has 3 amide bonds. The number of nitrogens with zero attached hydrogens (tertiary/aromatic N) is 1. The Bertz CT molecular complexity index is 613. The third kappa shape index (κ3) is 2.34. The zero-order valence-corrected chi connectivity index (χ0v) is 11.8. The van der Waals surface area contributed by atoms with Gasteiger partial charge in [0.2, 0.25) is 5.91 Å². The number of imide groups is 1. The number of anilines is 1. The maximum absolute atomic E-state index is 12.5. The van der Waals surface area contributed by atoms with E-state index in [1.165, 1.54) is 23.1 Å². The van der Waals surface area contributed by atoms with E-state index in [-0.39, 0.29) is 17.1 Å². The number of nitrogens with one attached hydrogen (secondary N) is 1. The fraction of sp³-hybridized carbons (Fsp3) is 0.308. The number of amides is 3. The number of piperazine rings is 1. The molecule has 0 aromatic heterocycles. The Labute approximate surface area is 120 Å². The van der Waals surface area contributed by atoms with Gasteiger partial charge in [0.15, 0.2) is 0 Å². The van der Waals surface area contributed by atoms with E-state index in [4.69, 9.17) is 17.3 Å². The molecule has 0 aliphatic carbocycles. The van der Waals surface area contributed by atoms with E-state index in [1.54, 1.807) is 13.8 Å². The van der Waals surface area contributed by atoms with Crippen molar-refractivity contribution < 1.29 is 14.4 Å². The lowest BCUT2D eigenvalue weighted by Gasteiger charge is -2.40. The summed E-state index contributed by atoms with van der Waals surface area (Å²) in [6.07, 6.45) is 0. The normalized spacial score (nSPS) is 17.9. The lowest BCUT2D eigenvalue weighted by molar-refractivity contribution is -0.143. The van der Waals surface area contributed by atoms with E-state index < -0.39 is 23.3 Å². The first-order chi connectivity index (χ1) is 9.23. The predicted molar refractivity (Wildman–Crippen MR) is 74.1 cm³/mol. The van der Waals surface area contributed by atoms with Gasteiger partial charge >= 0.3 is 0 Å². The van der Waals surface area contributed by atoms with Crippen LogP contribution in [-0.2, 0) is 9.59 Å². The molecule has 0 radical (unpaired) electrons. The van der Waals surface area contributed by atoms with Gasteiger partial charge in [-0.1, -0.05) is 11.6 Å². The second-order valence-corrected chi connectivity index (χ2v) is 5.47. The molecule has 0 spiro atoms. The Kier molecular flexibility index (Phi) is 3.43. The molecule has 20 heavy (non-hydrogen) atoms. The number of rotatable bonds is 1. The number of benzene rings is 1. The third-order valence-corrected chi connectivity index (χ3v) is 3.57. The van der Waals surface area contributed by atoms with Crippen molar-refractivity contribution in [3.8, 4) is 0 Å². The lowest BCUT2D eigenvalue weighted by Crippen LogP contribution is -2.65. The average Bonchev–Trinajstić information content (AvgIpc) is 2.33. The summed E-state index contributed by atoms with van der Waals surface area (Å²) in [5.74, 6) is -1.52. The zero-order chi connectivity index (χ0) is 15.1. The Balaban J connectivity index is 2.40. The summed E-state index contributed by atoms with van der Waals surface area (Å²) in [5, 5.41) is 2.39. The Hall–Kier alpha value is -2.08. The molecule has 1 aliphatic rings. The highest BCUT2D eigenvalue weighted by Gasteiger charge is 2.44. The molecular weight excluding hydrogens is 282 g/mol. The lowest BCUT2D eigenvalue weighted by atomic mass is 9.97. The van der Waals surface area contributed by atoms with Crippen LogP contribution in [0.15, 0.2) is 18.2 Å². The van der Waals surface area contributed by atoms with Crippen LogP contribution >= 0.6 is 11.6 Å². The number of nitrogens with two attached hydrogens (primary N) is 1. The molecule has 0 bridgehead atoms. The third-order valence-electron chi connectivity index (χ3n) is 3.25. The minimum Gasteiger partial charge on any atom is -0.399 e. The summed E-state index contributed by atoms with van der Waals surface area (Å²) in [4.78, 5) is 37.0. The van der Waals surface area contributed by atoms with Crippen LogP contribution in [0.25, 0.3) is 0 Å². The van der Waals surface area contributed by atoms with Crippen molar-refractivity contribution in [1.82, 2.24) is 10.2 Å². The molecule has 2 rings (SSSR count). The van der Waals surface area contributed by atoms with Gasteiger partial charge in [0, 0.05) is 5.69 Å². The largest absolute Gasteiger partial charge is 0.399 e. The summed E-state index contributed by atoms with van der Waals surface area (Å²) >= 11 is 6.00. The van der Waals surface area contributed by atoms with Gasteiger partial charge in [-0.15, -0.1) is 0 Å². The first-order valence-electron chi connectivity index (χ1n) is 5.95. The zero-order valence-electron chi connectivity index (χ0n) is 11.1. The molecule has 1 aromatic carbocycles. The standard InChI is InChI=1S/C13H14ClN3O3/c1-13(2)12(20)16-10(18)6-17(13)11(19)8-4-3-7(15)5-9(8)14/h3-5H,6,15H2,1-2H3,(H,16,18,20). The molecule has 1 fully saturated rings. The van der Waals surface area contributed by atoms with Crippen LogP contribution < -0.4 is 11.1 Å². The first-order valence-corrected chi connectivity index (χ1v) is 6.32. The van der Waals surface area contributed by atoms with Crippen molar-refractivity contribution in [3.05, 3.63) is 28.8 Å². The highest BCUT2D eigenvalue weighted by molar-refractivity contribution is 6.34. The van der Waals surface area contributed by atoms with Gasteiger partial charge in [-0.05, 0) is 32.0 Å². The first kappa shape index (κ1) is 14.3. The second kappa shape index (κ2) is 4.79. The Morgan fingerprint density at radius 2 is 2.05 bits per heavy atom. The fourth-order valence-electron chi connectivity index (χ4n) is 1.96. The molecule has 0 atom stereocenters. The molecule has 1 heterocycles. The van der Waals surface area contributed by atoms with Gasteiger partial charge < -0.3 is 10.6 Å². The molecule has 0 saturated carbocycles. The van der Waals surface area contributed by atoms with Crippen molar-refractivity contribution in [3.63, 3.8) is 0 Å². The van der Waals surface area contributed by atoms with E-state index in [2.05, 4.69) is 5.32 Å². The van der Waals surface area contributed by atoms with Gasteiger partial charge in [-0.2, -0.15) is 0 Å². The van der Waals surface area contributed by atoms with E-state index in [0.717, 1.165) is 0 Å². The van der Waals surface area contributed by atoms with Gasteiger partial charge in [0.05, 0.1) is 10.6 Å². The molecular formula is C13H14ClN3O3. The van der Waals surface area contributed by atoms with E-state index >= 15 is 0 Å². The smallest absolute Gasteiger partial charge is 0.256 e. The number of hydrogen-bond donors (Lipinski definition) is 2. The van der Waals surface area contributed by atoms with Gasteiger partial charge in [0.25, 0.3) is 11.8 Å². The summed E-state index contributed by atoms with van der Waals surface area (Å²) in [5.41, 5.74) is 5.08. The van der Waals surface area contributed by atoms with E-state index in [1.807, 2.05) is 0 Å². The fourth-order valence-corrected chi connectivity index (χ4v) is 2.23. The van der Waals surface area contributed by atoms with Crippen molar-refractivity contribution in [1.29, 1.82) is 0 Å². The molecule has 0 unspecified atom stereocenters. The summed E-state index contributed by atoms with van der Waals surface area (Å²) in [6, 6.07) is 4.47. The van der Waals surface area contributed by atoms with Crippen molar-refractivity contribution in [2.24, 2.45) is 0 Å². The van der Waals surface area contributed by atoms with Crippen LogP contribution in [0, 0.1) is 0 Å². The quantitative estimate of drug-likeness (QED) is 0.592. The van der Waals surface area contributed by atoms with E-state index in [0.29, 0.717) is 5.69 Å². The van der Waals surface area contributed by atoms with Gasteiger partial charge in [0.1, 0.15) is 12.1 Å².